The average Bonchev–Trinajstić information content (AvgIpc) is 2.88. The van der Waals surface area contributed by atoms with Crippen molar-refractivity contribution in [3.63, 3.8) is 0 Å². The maximum Gasteiger partial charge on any atom is 0.499 e. The molecule has 0 aliphatic carbocycles. The Kier molecular flexibility index (Phi) is 10.4. The van der Waals surface area contributed by atoms with E-state index in [1.165, 1.54) is 25.5 Å². The minimum Gasteiger partial charge on any atom is -0.426 e. The zero-order chi connectivity index (χ0) is 28.6. The smallest absolute Gasteiger partial charge is 0.426 e. The van der Waals surface area contributed by atoms with Crippen LogP contribution in [0.25, 0.3) is 12.2 Å². The van der Waals surface area contributed by atoms with Gasteiger partial charge in [-0.25, -0.2) is 0 Å². The number of nitrogens with zero attached hydrogens (tertiary/aromatic N) is 1. The monoisotopic (exact) mass is 559 g/mol. The van der Waals surface area contributed by atoms with Crippen molar-refractivity contribution in [2.75, 3.05) is 20.8 Å². The molecule has 1 heterocycles. The van der Waals surface area contributed by atoms with Crippen LogP contribution in [0.15, 0.2) is 53.7 Å². The van der Waals surface area contributed by atoms with Crippen LogP contribution in [-0.4, -0.2) is 70.0 Å². The lowest BCUT2D eigenvalue weighted by atomic mass is 9.99. The normalized spacial score (nSPS) is 24.4. The van der Waals surface area contributed by atoms with Gasteiger partial charge in [-0.3, -0.25) is 0 Å². The van der Waals surface area contributed by atoms with Gasteiger partial charge in [-0.05, 0) is 42.7 Å². The molecule has 0 aromatic heterocycles. The molecule has 7 nitrogen and oxygen atoms in total. The minimum atomic E-state index is -5.80. The summed E-state index contributed by atoms with van der Waals surface area (Å²) >= 11 is 0. The maximum atomic E-state index is 13.0. The largest absolute Gasteiger partial charge is 0.499 e. The summed E-state index contributed by atoms with van der Waals surface area (Å²) in [5.74, 6) is -0.600. The van der Waals surface area contributed by atoms with Gasteiger partial charge in [0.1, 0.15) is 18.0 Å². The lowest BCUT2D eigenvalue weighted by Gasteiger charge is -2.42. The number of halogens is 5. The molecule has 1 aliphatic rings. The fourth-order valence-corrected chi connectivity index (χ4v) is 3.90. The highest BCUT2D eigenvalue weighted by atomic mass is 19.4. The first-order chi connectivity index (χ1) is 18.5. The van der Waals surface area contributed by atoms with E-state index in [0.717, 1.165) is 23.3 Å². The van der Waals surface area contributed by atoms with Gasteiger partial charge >= 0.3 is 12.3 Å². The van der Waals surface area contributed by atoms with Gasteiger partial charge in [-0.15, -0.1) is 0 Å². The summed E-state index contributed by atoms with van der Waals surface area (Å²) in [5.41, 5.74) is 2.13. The number of alkyl halides is 5. The zero-order valence-electron chi connectivity index (χ0n) is 21.7. The molecule has 2 aromatic rings. The molecule has 5 atom stereocenters. The van der Waals surface area contributed by atoms with Gasteiger partial charge < -0.3 is 28.5 Å². The van der Waals surface area contributed by atoms with Crippen LogP contribution in [0.1, 0.15) is 30.5 Å². The molecule has 39 heavy (non-hydrogen) atoms. The number of hydrogen-bond acceptors (Lipinski definition) is 7. The lowest BCUT2D eigenvalue weighted by molar-refractivity contribution is -0.360. The molecule has 3 rings (SSSR count). The first-order valence-electron chi connectivity index (χ1n) is 12.0. The number of rotatable bonds is 11. The molecule has 0 saturated carbocycles. The molecule has 4 unspecified atom stereocenters. The van der Waals surface area contributed by atoms with Crippen molar-refractivity contribution in [2.24, 2.45) is 5.16 Å². The highest BCUT2D eigenvalue weighted by Crippen LogP contribution is 2.37. The summed E-state index contributed by atoms with van der Waals surface area (Å²) in [5, 5.41) is 4.04. The Morgan fingerprint density at radius 2 is 1.36 bits per heavy atom. The Balaban J connectivity index is 1.57. The predicted octanol–water partition coefficient (Wildman–Crippen LogP) is 5.92. The number of oxime groups is 1. The molecule has 0 amide bonds. The molecule has 0 radical (unpaired) electrons. The van der Waals surface area contributed by atoms with Gasteiger partial charge in [0.05, 0.1) is 12.3 Å². The summed E-state index contributed by atoms with van der Waals surface area (Å²) in [7, 11) is 3.11. The second kappa shape index (κ2) is 13.3. The molecule has 1 aliphatic heterocycles. The molecule has 1 fully saturated rings. The second-order valence-corrected chi connectivity index (χ2v) is 8.56. The quantitative estimate of drug-likeness (QED) is 0.147. The van der Waals surface area contributed by atoms with Gasteiger partial charge in [0.25, 0.3) is 6.29 Å². The van der Waals surface area contributed by atoms with E-state index in [-0.39, 0.29) is 12.2 Å². The van der Waals surface area contributed by atoms with Crippen LogP contribution in [0.3, 0.4) is 0 Å². The van der Waals surface area contributed by atoms with Crippen LogP contribution in [0, 0.1) is 0 Å². The van der Waals surface area contributed by atoms with E-state index in [9.17, 15) is 22.0 Å². The van der Waals surface area contributed by atoms with Crippen LogP contribution in [0.5, 0.6) is 5.75 Å². The van der Waals surface area contributed by atoms with E-state index < -0.39 is 36.5 Å². The third-order valence-corrected chi connectivity index (χ3v) is 5.86. The summed E-state index contributed by atoms with van der Waals surface area (Å²) in [6.07, 6.45) is -8.54. The zero-order valence-corrected chi connectivity index (χ0v) is 21.7. The SMILES string of the molecule is CCOC1C(OC)C(C)O[C@@H](ON=Cc2ccc(C=Cc3ccc(OC(F)(F)C(F)(F)F)cc3)cc2)C1OC. The molecule has 214 valence electrons. The number of benzene rings is 2. The van der Waals surface area contributed by atoms with Crippen LogP contribution in [0.4, 0.5) is 22.0 Å². The average molecular weight is 560 g/mol. The summed E-state index contributed by atoms with van der Waals surface area (Å²) in [6, 6.07) is 12.0. The Labute approximate surface area is 223 Å². The highest BCUT2D eigenvalue weighted by molar-refractivity contribution is 5.80. The Morgan fingerprint density at radius 1 is 0.821 bits per heavy atom. The number of methoxy groups -OCH3 is 2. The van der Waals surface area contributed by atoms with E-state index in [0.29, 0.717) is 12.2 Å². The van der Waals surface area contributed by atoms with Gasteiger partial charge in [0.15, 0.2) is 6.10 Å². The van der Waals surface area contributed by atoms with E-state index in [4.69, 9.17) is 23.8 Å². The van der Waals surface area contributed by atoms with Gasteiger partial charge in [-0.2, -0.15) is 22.0 Å². The van der Waals surface area contributed by atoms with Crippen molar-refractivity contribution in [2.45, 2.75) is 56.8 Å². The molecule has 2 aromatic carbocycles. The Hall–Kier alpha value is -3.06. The van der Waals surface area contributed by atoms with Crippen LogP contribution >= 0.6 is 0 Å². The predicted molar refractivity (Wildman–Crippen MR) is 133 cm³/mol. The lowest BCUT2D eigenvalue weighted by Crippen LogP contribution is -2.59. The molecule has 0 spiro atoms. The summed E-state index contributed by atoms with van der Waals surface area (Å²) < 4.78 is 89.4. The van der Waals surface area contributed by atoms with E-state index in [2.05, 4.69) is 9.89 Å². The van der Waals surface area contributed by atoms with Crippen molar-refractivity contribution in [1.82, 2.24) is 0 Å². The molecule has 12 heteroatoms. The third-order valence-electron chi connectivity index (χ3n) is 5.86. The number of ether oxygens (including phenoxy) is 5. The molecule has 1 saturated heterocycles. The molecular weight excluding hydrogens is 529 g/mol. The van der Waals surface area contributed by atoms with Crippen molar-refractivity contribution in [3.05, 3.63) is 65.2 Å². The van der Waals surface area contributed by atoms with Crippen molar-refractivity contribution < 1.29 is 50.5 Å². The topological polar surface area (TPSA) is 67.7 Å². The molecular formula is C27H30F5NO6. The summed E-state index contributed by atoms with van der Waals surface area (Å²) in [4.78, 5) is 5.58. The molecule has 0 N–H and O–H groups in total. The van der Waals surface area contributed by atoms with Crippen molar-refractivity contribution in [1.29, 1.82) is 0 Å². The first-order valence-corrected chi connectivity index (χ1v) is 12.0. The van der Waals surface area contributed by atoms with E-state index >= 15 is 0 Å². The Morgan fingerprint density at radius 3 is 1.87 bits per heavy atom. The van der Waals surface area contributed by atoms with E-state index in [1.54, 1.807) is 31.4 Å². The second-order valence-electron chi connectivity index (χ2n) is 8.56. The third kappa shape index (κ3) is 7.98. The summed E-state index contributed by atoms with van der Waals surface area (Å²) in [6.45, 7) is 4.20. The number of hydrogen-bond donors (Lipinski definition) is 0. The highest BCUT2D eigenvalue weighted by Gasteiger charge is 2.61. The maximum absolute atomic E-state index is 13.0. The van der Waals surface area contributed by atoms with Crippen LogP contribution in [-0.2, 0) is 23.8 Å². The van der Waals surface area contributed by atoms with Gasteiger partial charge in [-0.1, -0.05) is 53.7 Å². The standard InChI is InChI=1S/C27H30F5NO6/c1-5-36-23-22(34-3)17(2)37-25(24(23)35-4)39-33-16-20-10-8-18(9-11-20)6-7-19-12-14-21(15-13-19)38-27(31,32)26(28,29)30/h6-17,22-25H,5H2,1-4H3/t17?,22?,23?,24?,25-/m0/s1. The fourth-order valence-electron chi connectivity index (χ4n) is 3.90. The molecule has 0 bridgehead atoms. The van der Waals surface area contributed by atoms with Gasteiger partial charge in [0.2, 0.25) is 0 Å². The van der Waals surface area contributed by atoms with E-state index in [1.807, 2.05) is 26.0 Å². The van der Waals surface area contributed by atoms with Crippen molar-refractivity contribution >= 4 is 18.4 Å². The van der Waals surface area contributed by atoms with Crippen LogP contribution < -0.4 is 4.74 Å². The van der Waals surface area contributed by atoms with Gasteiger partial charge in [0, 0.05) is 20.8 Å². The first kappa shape index (κ1) is 30.5. The fraction of sp³-hybridized carbons (Fsp3) is 0.444. The van der Waals surface area contributed by atoms with Crippen molar-refractivity contribution in [3.8, 4) is 5.75 Å². The minimum absolute atomic E-state index is 0.311. The Bertz CT molecular complexity index is 1090. The van der Waals surface area contributed by atoms with Crippen LogP contribution in [0.2, 0.25) is 0 Å².